The zero-order valence-electron chi connectivity index (χ0n) is 33.1. The number of hydrogen-bond donors (Lipinski definition) is 3. The number of nitrogens with one attached hydrogen (secondary N) is 1. The predicted molar refractivity (Wildman–Crippen MR) is 218 cm³/mol. The number of sulfonamides is 1. The molecule has 0 radical (unpaired) electrons. The van der Waals surface area contributed by atoms with E-state index in [9.17, 15) is 44.2 Å². The van der Waals surface area contributed by atoms with Crippen molar-refractivity contribution in [3.63, 3.8) is 0 Å². The van der Waals surface area contributed by atoms with Gasteiger partial charge in [-0.1, -0.05) is 12.5 Å². The molecule has 17 nitrogen and oxygen atoms in total. The molecule has 6 aliphatic heterocycles. The van der Waals surface area contributed by atoms with Crippen molar-refractivity contribution in [2.24, 2.45) is 0 Å². The lowest BCUT2D eigenvalue weighted by molar-refractivity contribution is -0.197. The number of hydrogen-bond acceptors (Lipinski definition) is 12. The van der Waals surface area contributed by atoms with Gasteiger partial charge in [-0.15, -0.1) is 5.06 Å². The summed E-state index contributed by atoms with van der Waals surface area (Å²) in [7, 11) is -14.2. The number of benzene rings is 3. The number of carbonyl (C=O) groups excluding carboxylic acids is 3. The molecule has 9 rings (SSSR count). The van der Waals surface area contributed by atoms with Gasteiger partial charge in [0.25, 0.3) is 32.1 Å². The molecule has 3 aromatic carbocycles. The molecule has 61 heavy (non-hydrogen) atoms. The number of imide groups is 1. The van der Waals surface area contributed by atoms with E-state index >= 15 is 0 Å². The van der Waals surface area contributed by atoms with E-state index in [-0.39, 0.29) is 47.8 Å². The van der Waals surface area contributed by atoms with Crippen LogP contribution in [0.5, 0.6) is 11.5 Å². The van der Waals surface area contributed by atoms with Gasteiger partial charge in [-0.2, -0.15) is 16.8 Å². The second kappa shape index (κ2) is 15.6. The van der Waals surface area contributed by atoms with Crippen molar-refractivity contribution in [1.82, 2.24) is 14.4 Å². The molecular formula is C41H45N4O13S3+. The Morgan fingerprint density at radius 3 is 2.30 bits per heavy atom. The van der Waals surface area contributed by atoms with Gasteiger partial charge in [-0.25, -0.2) is 22.5 Å². The van der Waals surface area contributed by atoms with Gasteiger partial charge in [0.15, 0.2) is 5.25 Å². The molecule has 0 saturated carbocycles. The summed E-state index contributed by atoms with van der Waals surface area (Å²) >= 11 is 0. The quantitative estimate of drug-likeness (QED) is 0.0795. The molecule has 324 valence electrons. The number of ether oxygens (including phenoxy) is 1. The summed E-state index contributed by atoms with van der Waals surface area (Å²) in [6.07, 6.45) is 6.59. The average Bonchev–Trinajstić information content (AvgIpc) is 3.50. The lowest BCUT2D eigenvalue weighted by Gasteiger charge is -2.39. The predicted octanol–water partition coefficient (Wildman–Crippen LogP) is 1.68. The number of amides is 2. The lowest BCUT2D eigenvalue weighted by Crippen LogP contribution is -2.45. The van der Waals surface area contributed by atoms with Crippen molar-refractivity contribution in [2.45, 2.75) is 98.5 Å². The molecule has 2 amide bonds. The highest BCUT2D eigenvalue weighted by molar-refractivity contribution is 7.89. The first-order valence-corrected chi connectivity index (χ1v) is 25.0. The van der Waals surface area contributed by atoms with E-state index in [2.05, 4.69) is 26.3 Å². The van der Waals surface area contributed by atoms with Gasteiger partial charge >= 0.3 is 5.97 Å². The van der Waals surface area contributed by atoms with Crippen LogP contribution in [0.2, 0.25) is 0 Å². The number of carbonyl (C=O) groups is 3. The average molecular weight is 898 g/mol. The summed E-state index contributed by atoms with van der Waals surface area (Å²) in [5.74, 6) is -2.13. The maximum atomic E-state index is 13.6. The van der Waals surface area contributed by atoms with Crippen LogP contribution >= 0.6 is 0 Å². The van der Waals surface area contributed by atoms with Crippen molar-refractivity contribution in [1.29, 1.82) is 0 Å². The number of fused-ring (bicyclic) bond motifs is 4. The van der Waals surface area contributed by atoms with Crippen molar-refractivity contribution in [3.05, 3.63) is 74.3 Å². The standard InChI is InChI=1S/C41H44N4O13S3/c46-34-23-33(61(54,55)56)41(48)45(34)58-35(47)12-2-1-3-15-42-59(49,50)26-13-14-27(32(22-26)60(51,52)53)36-30-20-24-8-4-16-43-18-6-10-28(37(24)43)39(30)57-40-29-11-7-19-44-17-5-9-25(38(29)44)21-31(36)40/h13-14,20-22,33,42H,1-12,15-19,23H2,(H-,51,52,53,54,55,56)/p+1. The zero-order valence-corrected chi connectivity index (χ0v) is 35.6. The van der Waals surface area contributed by atoms with Crippen molar-refractivity contribution in [2.75, 3.05) is 37.6 Å². The van der Waals surface area contributed by atoms with Gasteiger partial charge in [0.2, 0.25) is 15.4 Å². The summed E-state index contributed by atoms with van der Waals surface area (Å²) in [5.41, 5.74) is 7.08. The second-order valence-electron chi connectivity index (χ2n) is 16.4. The molecule has 3 aromatic rings. The normalized spacial score (nSPS) is 19.5. The van der Waals surface area contributed by atoms with E-state index in [1.54, 1.807) is 0 Å². The summed E-state index contributed by atoms with van der Waals surface area (Å²) < 4.78 is 109. The zero-order chi connectivity index (χ0) is 43.0. The van der Waals surface area contributed by atoms with Gasteiger partial charge in [0.1, 0.15) is 29.5 Å². The molecular weight excluding hydrogens is 853 g/mol. The number of nitrogens with zero attached hydrogens (tertiary/aromatic N) is 3. The Hall–Kier alpha value is -4.73. The fourth-order valence-corrected chi connectivity index (χ4v) is 12.4. The number of rotatable bonds is 12. The molecule has 0 aliphatic carbocycles. The number of anilines is 1. The largest absolute Gasteiger partial charge is 0.455 e. The van der Waals surface area contributed by atoms with Crippen LogP contribution in [-0.2, 0) is 75.2 Å². The first-order chi connectivity index (χ1) is 29.0. The van der Waals surface area contributed by atoms with Gasteiger partial charge < -0.3 is 14.5 Å². The third kappa shape index (κ3) is 7.54. The maximum Gasteiger partial charge on any atom is 0.333 e. The third-order valence-corrected chi connectivity index (χ3v) is 15.9. The topological polar surface area (TPSA) is 234 Å². The molecule has 0 bridgehead atoms. The van der Waals surface area contributed by atoms with Gasteiger partial charge in [0, 0.05) is 77.6 Å². The van der Waals surface area contributed by atoms with Crippen LogP contribution in [0, 0.1) is 0 Å². The number of hydroxylamine groups is 2. The SMILES string of the molecule is O=C(CCCCCNS(=O)(=O)c1ccc(C2=c3cc4c5c(c3Oc3c2cc2c6c3CCCN6CCC2)CCC[N+]=5CCC4)c(S(=O)(=O)O)c1)ON1C(=O)CC(S(=O)(=O)O)C1=O. The van der Waals surface area contributed by atoms with E-state index in [0.717, 1.165) is 106 Å². The molecule has 6 heterocycles. The smallest absolute Gasteiger partial charge is 0.333 e. The Bertz CT molecular complexity index is 2910. The van der Waals surface area contributed by atoms with Crippen molar-refractivity contribution in [3.8, 4) is 11.5 Å². The number of unbranched alkanes of at least 4 members (excludes halogenated alkanes) is 2. The van der Waals surface area contributed by atoms with Gasteiger partial charge in [-0.05, 0) is 81.2 Å². The molecule has 20 heteroatoms. The highest BCUT2D eigenvalue weighted by Gasteiger charge is 2.48. The minimum Gasteiger partial charge on any atom is -0.455 e. The Labute approximate surface area is 352 Å². The third-order valence-electron chi connectivity index (χ3n) is 12.5. The Morgan fingerprint density at radius 1 is 0.836 bits per heavy atom. The molecule has 3 N–H and O–H groups in total. The van der Waals surface area contributed by atoms with E-state index in [1.807, 2.05) is 0 Å². The van der Waals surface area contributed by atoms with E-state index < -0.39 is 64.6 Å². The molecule has 6 aliphatic rings. The fraction of sp³-hybridized carbons (Fsp3) is 0.463. The summed E-state index contributed by atoms with van der Waals surface area (Å²) in [6.45, 7) is 3.67. The van der Waals surface area contributed by atoms with Crippen LogP contribution < -0.4 is 29.5 Å². The van der Waals surface area contributed by atoms with E-state index in [0.29, 0.717) is 27.9 Å². The van der Waals surface area contributed by atoms with Crippen LogP contribution in [0.4, 0.5) is 5.69 Å². The summed E-state index contributed by atoms with van der Waals surface area (Å²) in [6, 6.07) is 7.93. The maximum absolute atomic E-state index is 13.6. The molecule has 1 fully saturated rings. The molecule has 0 aromatic heterocycles. The van der Waals surface area contributed by atoms with Gasteiger partial charge in [0.05, 0.1) is 16.9 Å². The minimum absolute atomic E-state index is 0.0201. The molecule has 1 saturated heterocycles. The Kier molecular flexibility index (Phi) is 10.6. The second-order valence-corrected chi connectivity index (χ2v) is 21.1. The summed E-state index contributed by atoms with van der Waals surface area (Å²) in [5, 5.41) is -0.135. The van der Waals surface area contributed by atoms with E-state index in [1.165, 1.54) is 23.2 Å². The van der Waals surface area contributed by atoms with E-state index in [4.69, 9.17) is 14.1 Å². The van der Waals surface area contributed by atoms with Crippen molar-refractivity contribution >= 4 is 59.3 Å². The van der Waals surface area contributed by atoms with Crippen LogP contribution in [0.1, 0.15) is 91.2 Å². The monoisotopic (exact) mass is 897 g/mol. The first kappa shape index (κ1) is 41.6. The highest BCUT2D eigenvalue weighted by Crippen LogP contribution is 2.49. The van der Waals surface area contributed by atoms with Crippen LogP contribution in [0.25, 0.3) is 5.57 Å². The first-order valence-electron chi connectivity index (χ1n) is 20.6. The Morgan fingerprint density at radius 2 is 1.56 bits per heavy atom. The highest BCUT2D eigenvalue weighted by atomic mass is 32.2. The Balaban J connectivity index is 1.00. The van der Waals surface area contributed by atoms with Crippen molar-refractivity contribution < 1.29 is 58.3 Å². The van der Waals surface area contributed by atoms with Crippen LogP contribution in [0.15, 0.2) is 40.1 Å². The number of aryl methyl sites for hydroxylation is 2. The molecule has 1 atom stereocenters. The van der Waals surface area contributed by atoms with Crippen LogP contribution in [-0.4, -0.2) is 95.2 Å². The fourth-order valence-electron chi connectivity index (χ4n) is 9.81. The lowest BCUT2D eigenvalue weighted by atomic mass is 9.82. The summed E-state index contributed by atoms with van der Waals surface area (Å²) in [4.78, 5) is 42.6. The van der Waals surface area contributed by atoms with Gasteiger partial charge in [-0.3, -0.25) is 18.7 Å². The van der Waals surface area contributed by atoms with Crippen LogP contribution in [0.3, 0.4) is 0 Å². The molecule has 0 spiro atoms. The minimum atomic E-state index is -5.00. The molecule has 1 unspecified atom stereocenters.